The fourth-order valence-electron chi connectivity index (χ4n) is 1.02. The molecule has 0 amide bonds. The van der Waals surface area contributed by atoms with Crippen LogP contribution in [0.3, 0.4) is 0 Å². The molecule has 14 heavy (non-hydrogen) atoms. The van der Waals surface area contributed by atoms with Gasteiger partial charge in [0.15, 0.2) is 0 Å². The molecule has 0 aliphatic rings. The number of benzene rings is 1. The van der Waals surface area contributed by atoms with E-state index in [0.29, 0.717) is 0 Å². The zero-order valence-electron chi connectivity index (χ0n) is 7.85. The molecule has 0 aliphatic carbocycles. The Morgan fingerprint density at radius 2 is 2.00 bits per heavy atom. The number of allylic oxidation sites excluding steroid dienone is 2. The summed E-state index contributed by atoms with van der Waals surface area (Å²) in [6.45, 7) is 5.21. The van der Waals surface area contributed by atoms with Gasteiger partial charge in [-0.3, -0.25) is 6.08 Å². The van der Waals surface area contributed by atoms with E-state index in [-0.39, 0.29) is 32.7 Å². The Bertz CT molecular complexity index is 340. The summed E-state index contributed by atoms with van der Waals surface area (Å²) in [5.74, 6) is 0. The molecule has 0 aromatic heterocycles. The molecule has 1 aromatic rings. The van der Waals surface area contributed by atoms with Gasteiger partial charge in [0.05, 0.1) is 0 Å². The second kappa shape index (κ2) is 7.72. The zero-order valence-corrected chi connectivity index (χ0v) is 10.7. The first-order chi connectivity index (χ1) is 6.38. The molecule has 0 saturated carbocycles. The van der Waals surface area contributed by atoms with Gasteiger partial charge < -0.3 is 18.4 Å². The third-order valence-electron chi connectivity index (χ3n) is 1.57. The molecule has 0 saturated heterocycles. The van der Waals surface area contributed by atoms with Gasteiger partial charge in [-0.1, -0.05) is 23.8 Å². The van der Waals surface area contributed by atoms with Crippen LogP contribution >= 0.6 is 0 Å². The predicted molar refractivity (Wildman–Crippen MR) is 55.4 cm³/mol. The van der Waals surface area contributed by atoms with E-state index >= 15 is 0 Å². The molecule has 69 valence electrons. The Labute approximate surface area is 110 Å². The maximum Gasteiger partial charge on any atom is 0 e. The van der Waals surface area contributed by atoms with Crippen molar-refractivity contribution in [3.8, 4) is 0 Å². The largest absolute Gasteiger partial charge is 0.405 e. The van der Waals surface area contributed by atoms with Gasteiger partial charge in [-0.2, -0.15) is 5.56 Å². The second-order valence-electron chi connectivity index (χ2n) is 2.45. The van der Waals surface area contributed by atoms with Crippen LogP contribution in [-0.2, 0) is 32.7 Å². The van der Waals surface area contributed by atoms with Crippen molar-refractivity contribution in [2.24, 2.45) is 5.73 Å². The minimum atomic E-state index is 0. The monoisotopic (exact) mass is 258 g/mol. The zero-order chi connectivity index (χ0) is 9.52. The molecular weight excluding hydrogens is 247 g/mol. The van der Waals surface area contributed by atoms with E-state index in [1.165, 1.54) is 12.3 Å². The fourth-order valence-corrected chi connectivity index (χ4v) is 1.02. The van der Waals surface area contributed by atoms with Crippen molar-refractivity contribution >= 4 is 6.08 Å². The molecule has 1 nitrogen and oxygen atoms in total. The van der Waals surface area contributed by atoms with Gasteiger partial charge >= 0.3 is 0 Å². The molecule has 1 rings (SSSR count). The molecule has 0 unspecified atom stereocenters. The summed E-state index contributed by atoms with van der Waals surface area (Å²) in [4.78, 5) is 0. The minimum absolute atomic E-state index is 0. The van der Waals surface area contributed by atoms with E-state index in [1.54, 1.807) is 6.08 Å². The number of hydrogen-bond donors (Lipinski definition) is 1. The van der Waals surface area contributed by atoms with E-state index in [9.17, 15) is 0 Å². The van der Waals surface area contributed by atoms with Crippen molar-refractivity contribution in [2.45, 2.75) is 0 Å². The third-order valence-corrected chi connectivity index (χ3v) is 1.57. The molecular formula is C12H11NY-2. The van der Waals surface area contributed by atoms with Gasteiger partial charge in [0, 0.05) is 32.7 Å². The quantitative estimate of drug-likeness (QED) is 0.653. The fraction of sp³-hybridized carbons (Fsp3) is 0. The Morgan fingerprint density at radius 3 is 2.64 bits per heavy atom. The van der Waals surface area contributed by atoms with Crippen LogP contribution in [0.2, 0.25) is 0 Å². The van der Waals surface area contributed by atoms with Gasteiger partial charge in [-0.05, 0) is 6.20 Å². The van der Waals surface area contributed by atoms with Crippen LogP contribution in [0, 0.1) is 12.7 Å². The van der Waals surface area contributed by atoms with Crippen LogP contribution in [0.4, 0.5) is 0 Å². The Morgan fingerprint density at radius 1 is 1.29 bits per heavy atom. The van der Waals surface area contributed by atoms with Crippen LogP contribution in [0.25, 0.3) is 6.08 Å². The maximum absolute atomic E-state index is 5.31. The molecule has 0 aliphatic heterocycles. The molecule has 2 N–H and O–H groups in total. The average Bonchev–Trinajstić information content (AvgIpc) is 2.17. The summed E-state index contributed by atoms with van der Waals surface area (Å²) in [5.41, 5.74) is 7.32. The van der Waals surface area contributed by atoms with E-state index in [4.69, 9.17) is 12.3 Å². The third kappa shape index (κ3) is 4.03. The standard InChI is InChI=1S/C12H11N.Y/c1-2-3-6-11-7-4-5-8-12(11)9-10-13;/h1-5,7-10H,13H2;/q-2;/b10-9+;. The van der Waals surface area contributed by atoms with Crippen molar-refractivity contribution in [2.75, 3.05) is 0 Å². The maximum atomic E-state index is 5.31. The van der Waals surface area contributed by atoms with Crippen molar-refractivity contribution in [3.63, 3.8) is 0 Å². The van der Waals surface area contributed by atoms with Crippen molar-refractivity contribution in [1.29, 1.82) is 0 Å². The van der Waals surface area contributed by atoms with Crippen LogP contribution in [0.1, 0.15) is 11.1 Å². The molecule has 1 radical (unpaired) electrons. The summed E-state index contributed by atoms with van der Waals surface area (Å²) >= 11 is 0. The molecule has 0 atom stereocenters. The smallest absolute Gasteiger partial charge is 0 e. The van der Waals surface area contributed by atoms with E-state index in [1.807, 2.05) is 30.3 Å². The predicted octanol–water partition coefficient (Wildman–Crippen LogP) is 2.31. The molecule has 0 spiro atoms. The van der Waals surface area contributed by atoms with Gasteiger partial charge in [-0.25, -0.2) is 6.08 Å². The van der Waals surface area contributed by atoms with Crippen LogP contribution in [-0.4, -0.2) is 0 Å². The Hall–Kier alpha value is -0.656. The van der Waals surface area contributed by atoms with Crippen molar-refractivity contribution in [1.82, 2.24) is 0 Å². The van der Waals surface area contributed by atoms with E-state index < -0.39 is 0 Å². The first-order valence-electron chi connectivity index (χ1n) is 3.99. The molecule has 2 heteroatoms. The normalized spacial score (nSPS) is 10.3. The summed E-state index contributed by atoms with van der Waals surface area (Å²) in [6, 6.07) is 7.82. The van der Waals surface area contributed by atoms with Gasteiger partial charge in [0.2, 0.25) is 0 Å². The number of nitrogens with two attached hydrogens (primary N) is 1. The first-order valence-corrected chi connectivity index (χ1v) is 3.99. The molecule has 0 bridgehead atoms. The minimum Gasteiger partial charge on any atom is -0.405 e. The van der Waals surface area contributed by atoms with Gasteiger partial charge in [0.1, 0.15) is 0 Å². The van der Waals surface area contributed by atoms with Crippen molar-refractivity contribution < 1.29 is 32.7 Å². The molecule has 0 fully saturated rings. The van der Waals surface area contributed by atoms with E-state index in [2.05, 4.69) is 6.08 Å². The topological polar surface area (TPSA) is 26.0 Å². The summed E-state index contributed by atoms with van der Waals surface area (Å²) in [5, 5.41) is 0. The van der Waals surface area contributed by atoms with Gasteiger partial charge in [0.25, 0.3) is 0 Å². The Kier molecular flexibility index (Phi) is 7.36. The number of hydrogen-bond acceptors (Lipinski definition) is 1. The van der Waals surface area contributed by atoms with Crippen LogP contribution in [0.15, 0.2) is 42.6 Å². The van der Waals surface area contributed by atoms with Gasteiger partial charge in [-0.15, -0.1) is 12.1 Å². The Balaban J connectivity index is 0.00000169. The van der Waals surface area contributed by atoms with Crippen molar-refractivity contribution in [3.05, 3.63) is 66.4 Å². The SMILES string of the molecule is [CH-]=CC=[C-]c1ccccc1/C=C/N.[Y]. The molecule has 0 heterocycles. The first kappa shape index (κ1) is 13.3. The summed E-state index contributed by atoms with van der Waals surface area (Å²) in [7, 11) is 0. The van der Waals surface area contributed by atoms with E-state index in [0.717, 1.165) is 11.1 Å². The average molecular weight is 258 g/mol. The van der Waals surface area contributed by atoms with Crippen LogP contribution in [0.5, 0.6) is 0 Å². The second-order valence-corrected chi connectivity index (χ2v) is 2.45. The molecule has 1 aromatic carbocycles. The summed E-state index contributed by atoms with van der Waals surface area (Å²) < 4.78 is 0. The summed E-state index contributed by atoms with van der Waals surface area (Å²) in [6.07, 6.45) is 9.49. The van der Waals surface area contributed by atoms with Crippen LogP contribution < -0.4 is 5.73 Å². The number of rotatable bonds is 3.